The Balaban J connectivity index is 1.60. The summed E-state index contributed by atoms with van der Waals surface area (Å²) in [6, 6.07) is 14.6. The van der Waals surface area contributed by atoms with Crippen LogP contribution in [0, 0.1) is 5.82 Å². The number of ether oxygens (including phenoxy) is 1. The van der Waals surface area contributed by atoms with Crippen LogP contribution in [0.5, 0.6) is 5.75 Å². The van der Waals surface area contributed by atoms with E-state index in [1.54, 1.807) is 24.5 Å². The van der Waals surface area contributed by atoms with Crippen molar-refractivity contribution < 1.29 is 13.9 Å². The number of rotatable bonds is 4. The molecule has 1 aliphatic heterocycles. The molecular formula is C20H15FN2O2. The van der Waals surface area contributed by atoms with Gasteiger partial charge < -0.3 is 10.1 Å². The molecule has 0 bridgehead atoms. The number of nitrogens with one attached hydrogen (secondary N) is 1. The van der Waals surface area contributed by atoms with Gasteiger partial charge in [0.2, 0.25) is 5.91 Å². The van der Waals surface area contributed by atoms with Gasteiger partial charge in [0.05, 0.1) is 12.6 Å². The number of nitrogens with zero attached hydrogens (tertiary/aromatic N) is 1. The molecular weight excluding hydrogens is 319 g/mol. The number of halogens is 1. The van der Waals surface area contributed by atoms with Gasteiger partial charge in [-0.25, -0.2) is 4.39 Å². The van der Waals surface area contributed by atoms with Crippen LogP contribution in [0.15, 0.2) is 60.9 Å². The summed E-state index contributed by atoms with van der Waals surface area (Å²) in [6.45, 7) is 0.411. The van der Waals surface area contributed by atoms with Gasteiger partial charge in [-0.2, -0.15) is 0 Å². The fourth-order valence-electron chi connectivity index (χ4n) is 2.85. The summed E-state index contributed by atoms with van der Waals surface area (Å²) in [7, 11) is 0. The van der Waals surface area contributed by atoms with Gasteiger partial charge in [0.15, 0.2) is 0 Å². The second-order valence-electron chi connectivity index (χ2n) is 5.90. The van der Waals surface area contributed by atoms with Crippen molar-refractivity contribution in [2.75, 3.05) is 5.32 Å². The van der Waals surface area contributed by atoms with E-state index in [2.05, 4.69) is 10.3 Å². The van der Waals surface area contributed by atoms with Crippen molar-refractivity contribution in [3.63, 3.8) is 0 Å². The minimum Gasteiger partial charge on any atom is -0.487 e. The molecule has 0 saturated heterocycles. The molecule has 1 amide bonds. The van der Waals surface area contributed by atoms with E-state index in [0.29, 0.717) is 34.7 Å². The van der Waals surface area contributed by atoms with Crippen LogP contribution in [-0.4, -0.2) is 10.9 Å². The lowest BCUT2D eigenvalue weighted by atomic mass is 10.0. The molecule has 1 aliphatic rings. The first kappa shape index (κ1) is 15.3. The van der Waals surface area contributed by atoms with Gasteiger partial charge in [-0.15, -0.1) is 0 Å². The third-order valence-corrected chi connectivity index (χ3v) is 4.09. The van der Waals surface area contributed by atoms with Gasteiger partial charge in [0.1, 0.15) is 18.2 Å². The number of hydrogen-bond donors (Lipinski definition) is 1. The zero-order chi connectivity index (χ0) is 17.2. The monoisotopic (exact) mass is 334 g/mol. The van der Waals surface area contributed by atoms with Crippen molar-refractivity contribution in [3.8, 4) is 16.9 Å². The van der Waals surface area contributed by atoms with Crippen LogP contribution in [0.3, 0.4) is 0 Å². The Hall–Kier alpha value is -3.21. The molecule has 0 fully saturated rings. The van der Waals surface area contributed by atoms with E-state index in [0.717, 1.165) is 5.56 Å². The van der Waals surface area contributed by atoms with Gasteiger partial charge in [0, 0.05) is 23.0 Å². The number of aromatic nitrogens is 1. The lowest BCUT2D eigenvalue weighted by Gasteiger charge is -2.10. The van der Waals surface area contributed by atoms with E-state index in [4.69, 9.17) is 4.74 Å². The number of benzene rings is 2. The Morgan fingerprint density at radius 1 is 1.12 bits per heavy atom. The van der Waals surface area contributed by atoms with Crippen molar-refractivity contribution in [1.29, 1.82) is 0 Å². The molecule has 2 heterocycles. The summed E-state index contributed by atoms with van der Waals surface area (Å²) in [5.74, 6) is 0.0622. The Labute approximate surface area is 144 Å². The lowest BCUT2D eigenvalue weighted by molar-refractivity contribution is -0.115. The van der Waals surface area contributed by atoms with Crippen LogP contribution in [-0.2, 0) is 17.8 Å². The van der Waals surface area contributed by atoms with Crippen LogP contribution < -0.4 is 10.1 Å². The van der Waals surface area contributed by atoms with Gasteiger partial charge in [-0.1, -0.05) is 30.3 Å². The molecule has 124 valence electrons. The number of carbonyl (C=O) groups excluding carboxylic acids is 1. The van der Waals surface area contributed by atoms with Crippen LogP contribution in [0.4, 0.5) is 10.1 Å². The summed E-state index contributed by atoms with van der Waals surface area (Å²) in [6.07, 6.45) is 3.39. The predicted octanol–water partition coefficient (Wildman–Crippen LogP) is 3.96. The van der Waals surface area contributed by atoms with Crippen molar-refractivity contribution in [3.05, 3.63) is 77.9 Å². The van der Waals surface area contributed by atoms with E-state index in [9.17, 15) is 9.18 Å². The maximum atomic E-state index is 14.4. The van der Waals surface area contributed by atoms with Crippen molar-refractivity contribution in [1.82, 2.24) is 4.98 Å². The van der Waals surface area contributed by atoms with E-state index in [1.807, 2.05) is 30.3 Å². The molecule has 0 saturated carbocycles. The molecule has 4 rings (SSSR count). The molecule has 0 spiro atoms. The Bertz CT molecular complexity index is 942. The summed E-state index contributed by atoms with van der Waals surface area (Å²) >= 11 is 0. The van der Waals surface area contributed by atoms with Gasteiger partial charge in [0.25, 0.3) is 0 Å². The van der Waals surface area contributed by atoms with Crippen LogP contribution in [0.25, 0.3) is 11.1 Å². The molecule has 4 nitrogen and oxygen atoms in total. The first-order valence-electron chi connectivity index (χ1n) is 7.93. The predicted molar refractivity (Wildman–Crippen MR) is 92.7 cm³/mol. The molecule has 2 aromatic carbocycles. The van der Waals surface area contributed by atoms with Crippen LogP contribution >= 0.6 is 0 Å². The SMILES string of the molecule is O=C1Cc2cc(F)c(-c3cncc(OCc4ccccc4)c3)cc2N1. The van der Waals surface area contributed by atoms with Crippen molar-refractivity contribution >= 4 is 11.6 Å². The van der Waals surface area contributed by atoms with E-state index < -0.39 is 0 Å². The molecule has 0 radical (unpaired) electrons. The number of anilines is 1. The zero-order valence-corrected chi connectivity index (χ0v) is 13.3. The third-order valence-electron chi connectivity index (χ3n) is 4.09. The number of fused-ring (bicyclic) bond motifs is 1. The van der Waals surface area contributed by atoms with E-state index in [1.165, 1.54) is 6.07 Å². The maximum absolute atomic E-state index is 14.4. The summed E-state index contributed by atoms with van der Waals surface area (Å²) < 4.78 is 20.2. The molecule has 1 aromatic heterocycles. The molecule has 0 aliphatic carbocycles. The number of amides is 1. The standard InChI is InChI=1S/C20H15FN2O2/c21-18-7-14-8-20(24)23-19(14)9-17(18)15-6-16(11-22-10-15)25-12-13-4-2-1-3-5-13/h1-7,9-11H,8,12H2,(H,23,24). The number of carbonyl (C=O) groups is 1. The fourth-order valence-corrected chi connectivity index (χ4v) is 2.85. The van der Waals surface area contributed by atoms with Gasteiger partial charge >= 0.3 is 0 Å². The van der Waals surface area contributed by atoms with Crippen molar-refractivity contribution in [2.24, 2.45) is 0 Å². The normalized spacial score (nSPS) is 12.6. The Morgan fingerprint density at radius 2 is 1.96 bits per heavy atom. The van der Waals surface area contributed by atoms with Crippen LogP contribution in [0.2, 0.25) is 0 Å². The average molecular weight is 334 g/mol. The highest BCUT2D eigenvalue weighted by atomic mass is 19.1. The highest BCUT2D eigenvalue weighted by Crippen LogP contribution is 2.33. The van der Waals surface area contributed by atoms with Crippen molar-refractivity contribution in [2.45, 2.75) is 13.0 Å². The number of pyridine rings is 1. The lowest BCUT2D eigenvalue weighted by Crippen LogP contribution is -2.03. The number of hydrogen-bond acceptors (Lipinski definition) is 3. The third kappa shape index (κ3) is 3.21. The highest BCUT2D eigenvalue weighted by Gasteiger charge is 2.20. The minimum atomic E-state index is -0.378. The summed E-state index contributed by atoms with van der Waals surface area (Å²) in [5.41, 5.74) is 3.36. The maximum Gasteiger partial charge on any atom is 0.228 e. The average Bonchev–Trinajstić information content (AvgIpc) is 2.99. The van der Waals surface area contributed by atoms with Gasteiger partial charge in [-0.3, -0.25) is 9.78 Å². The summed E-state index contributed by atoms with van der Waals surface area (Å²) in [5, 5.41) is 2.74. The topological polar surface area (TPSA) is 51.2 Å². The molecule has 3 aromatic rings. The largest absolute Gasteiger partial charge is 0.487 e. The summed E-state index contributed by atoms with van der Waals surface area (Å²) in [4.78, 5) is 15.6. The second-order valence-corrected chi connectivity index (χ2v) is 5.90. The smallest absolute Gasteiger partial charge is 0.228 e. The molecule has 5 heteroatoms. The second kappa shape index (κ2) is 6.36. The quantitative estimate of drug-likeness (QED) is 0.786. The minimum absolute atomic E-state index is 0.121. The first-order chi connectivity index (χ1) is 12.2. The fraction of sp³-hybridized carbons (Fsp3) is 0.100. The Morgan fingerprint density at radius 3 is 2.80 bits per heavy atom. The van der Waals surface area contributed by atoms with Crippen LogP contribution in [0.1, 0.15) is 11.1 Å². The molecule has 0 unspecified atom stereocenters. The van der Waals surface area contributed by atoms with Gasteiger partial charge in [-0.05, 0) is 29.3 Å². The Kier molecular flexibility index (Phi) is 3.90. The molecule has 1 N–H and O–H groups in total. The molecule has 0 atom stereocenters. The first-order valence-corrected chi connectivity index (χ1v) is 7.93. The van der Waals surface area contributed by atoms with E-state index >= 15 is 0 Å². The van der Waals surface area contributed by atoms with E-state index in [-0.39, 0.29) is 18.1 Å². The molecule has 25 heavy (non-hydrogen) atoms. The highest BCUT2D eigenvalue weighted by molar-refractivity contribution is 6.00. The zero-order valence-electron chi connectivity index (χ0n) is 13.3.